The fourth-order valence-corrected chi connectivity index (χ4v) is 2.65. The summed E-state index contributed by atoms with van der Waals surface area (Å²) in [5, 5.41) is 2.85. The summed E-state index contributed by atoms with van der Waals surface area (Å²) in [7, 11) is 3.54. The molecular weight excluding hydrogens is 326 g/mol. The molecule has 0 aliphatic rings. The number of aromatic nitrogens is 1. The second-order valence-electron chi connectivity index (χ2n) is 5.90. The Hall–Kier alpha value is -3.34. The van der Waals surface area contributed by atoms with Gasteiger partial charge in [-0.1, -0.05) is 42.5 Å². The van der Waals surface area contributed by atoms with Crippen molar-refractivity contribution in [3.8, 4) is 5.75 Å². The van der Waals surface area contributed by atoms with Crippen LogP contribution >= 0.6 is 0 Å². The van der Waals surface area contributed by atoms with Crippen molar-refractivity contribution in [3.05, 3.63) is 84.1 Å². The smallest absolute Gasteiger partial charge is 0.259 e. The first-order valence-electron chi connectivity index (χ1n) is 8.33. The number of nitrogens with zero attached hydrogens (tertiary/aromatic N) is 2. The summed E-state index contributed by atoms with van der Waals surface area (Å²) in [6.45, 7) is 0.765. The van der Waals surface area contributed by atoms with E-state index < -0.39 is 0 Å². The average Bonchev–Trinajstić information content (AvgIpc) is 2.69. The Kier molecular flexibility index (Phi) is 5.49. The topological polar surface area (TPSA) is 54.5 Å². The van der Waals surface area contributed by atoms with Crippen molar-refractivity contribution in [3.63, 3.8) is 0 Å². The van der Waals surface area contributed by atoms with Crippen LogP contribution in [0, 0.1) is 0 Å². The normalized spacial score (nSPS) is 10.2. The molecule has 3 aromatic rings. The monoisotopic (exact) mass is 347 g/mol. The Morgan fingerprint density at radius 3 is 2.46 bits per heavy atom. The average molecular weight is 347 g/mol. The second kappa shape index (κ2) is 8.16. The fraction of sp³-hybridized carbons (Fsp3) is 0.143. The van der Waals surface area contributed by atoms with Crippen LogP contribution in [0.4, 0.5) is 11.5 Å². The summed E-state index contributed by atoms with van der Waals surface area (Å²) in [5.41, 5.74) is 2.34. The van der Waals surface area contributed by atoms with Crippen molar-refractivity contribution < 1.29 is 9.53 Å². The summed E-state index contributed by atoms with van der Waals surface area (Å²) in [6, 6.07) is 21.1. The van der Waals surface area contributed by atoms with Gasteiger partial charge in [-0.05, 0) is 29.8 Å². The van der Waals surface area contributed by atoms with Gasteiger partial charge in [0.2, 0.25) is 0 Å². The van der Waals surface area contributed by atoms with Crippen LogP contribution in [-0.2, 0) is 6.54 Å². The number of methoxy groups -OCH3 is 1. The lowest BCUT2D eigenvalue weighted by Gasteiger charge is -2.18. The minimum absolute atomic E-state index is 0.227. The van der Waals surface area contributed by atoms with Gasteiger partial charge in [-0.15, -0.1) is 0 Å². The molecule has 0 unspecified atom stereocenters. The predicted molar refractivity (Wildman–Crippen MR) is 104 cm³/mol. The molecule has 0 bridgehead atoms. The molecular formula is C21H21N3O2. The SMILES string of the molecule is COc1ccccc1C(=O)Nc1ccc(N(C)Cc2ccccc2)nc1. The highest BCUT2D eigenvalue weighted by Crippen LogP contribution is 2.20. The number of hydrogen-bond donors (Lipinski definition) is 1. The van der Waals surface area contributed by atoms with Gasteiger partial charge in [0.1, 0.15) is 11.6 Å². The third-order valence-corrected chi connectivity index (χ3v) is 4.01. The molecule has 0 saturated carbocycles. The number of hydrogen-bond acceptors (Lipinski definition) is 4. The summed E-state index contributed by atoms with van der Waals surface area (Å²) >= 11 is 0. The zero-order chi connectivity index (χ0) is 18.4. The highest BCUT2D eigenvalue weighted by Gasteiger charge is 2.12. The van der Waals surface area contributed by atoms with E-state index in [0.717, 1.165) is 12.4 Å². The molecule has 26 heavy (non-hydrogen) atoms. The zero-order valence-electron chi connectivity index (χ0n) is 14.8. The zero-order valence-corrected chi connectivity index (χ0v) is 14.8. The number of benzene rings is 2. The van der Waals surface area contributed by atoms with Gasteiger partial charge in [-0.2, -0.15) is 0 Å². The Bertz CT molecular complexity index is 864. The van der Waals surface area contributed by atoms with Crippen LogP contribution in [0.3, 0.4) is 0 Å². The van der Waals surface area contributed by atoms with E-state index in [-0.39, 0.29) is 5.91 Å². The molecule has 0 aliphatic heterocycles. The number of rotatable bonds is 6. The number of carbonyl (C=O) groups is 1. The largest absolute Gasteiger partial charge is 0.496 e. The molecule has 3 rings (SSSR count). The molecule has 0 radical (unpaired) electrons. The molecule has 1 amide bonds. The Morgan fingerprint density at radius 2 is 1.77 bits per heavy atom. The molecule has 1 aromatic heterocycles. The predicted octanol–water partition coefficient (Wildman–Crippen LogP) is 3.98. The molecule has 1 N–H and O–H groups in total. The van der Waals surface area contributed by atoms with Crippen LogP contribution < -0.4 is 15.0 Å². The van der Waals surface area contributed by atoms with Crippen LogP contribution in [0.2, 0.25) is 0 Å². The first-order valence-corrected chi connectivity index (χ1v) is 8.33. The molecule has 5 nitrogen and oxygen atoms in total. The van der Waals surface area contributed by atoms with E-state index in [9.17, 15) is 4.79 Å². The molecule has 0 fully saturated rings. The van der Waals surface area contributed by atoms with Gasteiger partial charge in [0.05, 0.1) is 24.6 Å². The summed E-state index contributed by atoms with van der Waals surface area (Å²) in [6.07, 6.45) is 1.66. The maximum Gasteiger partial charge on any atom is 0.259 e. The van der Waals surface area contributed by atoms with Crippen LogP contribution in [0.25, 0.3) is 0 Å². The fourth-order valence-electron chi connectivity index (χ4n) is 2.65. The Balaban J connectivity index is 1.66. The van der Waals surface area contributed by atoms with E-state index in [1.54, 1.807) is 31.5 Å². The highest BCUT2D eigenvalue weighted by molar-refractivity contribution is 6.06. The van der Waals surface area contributed by atoms with Crippen LogP contribution in [0.1, 0.15) is 15.9 Å². The van der Waals surface area contributed by atoms with Crippen molar-refractivity contribution in [1.29, 1.82) is 0 Å². The van der Waals surface area contributed by atoms with Crippen molar-refractivity contribution in [2.75, 3.05) is 24.4 Å². The summed E-state index contributed by atoms with van der Waals surface area (Å²) in [4.78, 5) is 18.9. The Labute approximate surface area is 153 Å². The molecule has 2 aromatic carbocycles. The molecule has 132 valence electrons. The number of carbonyl (C=O) groups excluding carboxylic acids is 1. The molecule has 0 saturated heterocycles. The molecule has 5 heteroatoms. The summed E-state index contributed by atoms with van der Waals surface area (Å²) < 4.78 is 5.23. The van der Waals surface area contributed by atoms with Gasteiger partial charge in [-0.3, -0.25) is 4.79 Å². The molecule has 1 heterocycles. The lowest BCUT2D eigenvalue weighted by Crippen LogP contribution is -2.18. The number of pyridine rings is 1. The first-order chi connectivity index (χ1) is 12.7. The van der Waals surface area contributed by atoms with E-state index in [2.05, 4.69) is 27.3 Å². The number of nitrogens with one attached hydrogen (secondary N) is 1. The quantitative estimate of drug-likeness (QED) is 0.733. The van der Waals surface area contributed by atoms with E-state index >= 15 is 0 Å². The van der Waals surface area contributed by atoms with Crippen molar-refractivity contribution in [2.45, 2.75) is 6.54 Å². The number of ether oxygens (including phenoxy) is 1. The van der Waals surface area contributed by atoms with Crippen molar-refractivity contribution in [2.24, 2.45) is 0 Å². The van der Waals surface area contributed by atoms with Gasteiger partial charge in [0, 0.05) is 13.6 Å². The van der Waals surface area contributed by atoms with Crippen molar-refractivity contribution in [1.82, 2.24) is 4.98 Å². The minimum atomic E-state index is -0.227. The number of anilines is 2. The van der Waals surface area contributed by atoms with Crippen LogP contribution in [0.5, 0.6) is 5.75 Å². The minimum Gasteiger partial charge on any atom is -0.496 e. The van der Waals surface area contributed by atoms with Gasteiger partial charge >= 0.3 is 0 Å². The standard InChI is InChI=1S/C21H21N3O2/c1-24(15-16-8-4-3-5-9-16)20-13-12-17(14-22-20)23-21(25)18-10-6-7-11-19(18)26-2/h3-14H,15H2,1-2H3,(H,23,25). The van der Waals surface area contributed by atoms with Crippen LogP contribution in [0.15, 0.2) is 72.9 Å². The van der Waals surface area contributed by atoms with Crippen molar-refractivity contribution >= 4 is 17.4 Å². The van der Waals surface area contributed by atoms with Crippen LogP contribution in [-0.4, -0.2) is 25.0 Å². The van der Waals surface area contributed by atoms with Gasteiger partial charge in [-0.25, -0.2) is 4.98 Å². The first kappa shape index (κ1) is 17.5. The third kappa shape index (κ3) is 4.19. The summed E-state index contributed by atoms with van der Waals surface area (Å²) in [5.74, 6) is 1.15. The maximum atomic E-state index is 12.4. The second-order valence-corrected chi connectivity index (χ2v) is 5.90. The molecule has 0 atom stereocenters. The van der Waals surface area contributed by atoms with Gasteiger partial charge in [0.25, 0.3) is 5.91 Å². The van der Waals surface area contributed by atoms with E-state index in [4.69, 9.17) is 4.74 Å². The number of para-hydroxylation sites is 1. The van der Waals surface area contributed by atoms with Gasteiger partial charge in [0.15, 0.2) is 0 Å². The molecule has 0 spiro atoms. The molecule has 0 aliphatic carbocycles. The van der Waals surface area contributed by atoms with E-state index in [0.29, 0.717) is 17.0 Å². The lowest BCUT2D eigenvalue weighted by atomic mass is 10.2. The lowest BCUT2D eigenvalue weighted by molar-refractivity contribution is 0.102. The Morgan fingerprint density at radius 1 is 1.04 bits per heavy atom. The maximum absolute atomic E-state index is 12.4. The number of amides is 1. The highest BCUT2D eigenvalue weighted by atomic mass is 16.5. The van der Waals surface area contributed by atoms with Gasteiger partial charge < -0.3 is 15.0 Å². The van der Waals surface area contributed by atoms with E-state index in [1.807, 2.05) is 43.4 Å². The third-order valence-electron chi connectivity index (χ3n) is 4.01. The van der Waals surface area contributed by atoms with E-state index in [1.165, 1.54) is 5.56 Å².